The van der Waals surface area contributed by atoms with E-state index in [4.69, 9.17) is 9.47 Å². The van der Waals surface area contributed by atoms with Crippen molar-refractivity contribution in [3.63, 3.8) is 0 Å². The summed E-state index contributed by atoms with van der Waals surface area (Å²) in [5.74, 6) is 2.30. The Morgan fingerprint density at radius 2 is 1.77 bits per heavy atom. The summed E-state index contributed by atoms with van der Waals surface area (Å²) in [6, 6.07) is 6.26. The Bertz CT molecular complexity index is 700. The van der Waals surface area contributed by atoms with Crippen LogP contribution in [0.4, 0.5) is 0 Å². The molecule has 0 radical (unpaired) electrons. The molecule has 7 nitrogen and oxygen atoms in total. The van der Waals surface area contributed by atoms with Crippen molar-refractivity contribution in [2.24, 2.45) is 4.99 Å². The minimum Gasteiger partial charge on any atom is -0.493 e. The Balaban J connectivity index is 2.03. The molecular formula is C23H38N4O3. The number of nitrogens with zero attached hydrogens (tertiary/aromatic N) is 1. The van der Waals surface area contributed by atoms with Crippen LogP contribution in [0.3, 0.4) is 0 Å². The number of hydrogen-bond donors (Lipinski definition) is 3. The van der Waals surface area contributed by atoms with Gasteiger partial charge < -0.3 is 25.4 Å². The number of aliphatic imine (C=N–C) groups is 1. The molecule has 0 aromatic heterocycles. The highest BCUT2D eigenvalue weighted by atomic mass is 16.5. The summed E-state index contributed by atoms with van der Waals surface area (Å²) in [5.41, 5.74) is 1.29. The summed E-state index contributed by atoms with van der Waals surface area (Å²) in [5, 5.41) is 9.65. The fraction of sp³-hybridized carbons (Fsp3) is 0.652. The van der Waals surface area contributed by atoms with E-state index in [-0.39, 0.29) is 11.3 Å². The van der Waals surface area contributed by atoms with E-state index in [0.717, 1.165) is 49.8 Å². The third-order valence-electron chi connectivity index (χ3n) is 5.84. The van der Waals surface area contributed by atoms with Gasteiger partial charge >= 0.3 is 0 Å². The van der Waals surface area contributed by atoms with E-state index in [0.29, 0.717) is 13.0 Å². The quantitative estimate of drug-likeness (QED) is 0.402. The van der Waals surface area contributed by atoms with E-state index in [2.05, 4.69) is 33.1 Å². The van der Waals surface area contributed by atoms with Crippen molar-refractivity contribution in [1.29, 1.82) is 0 Å². The predicted octanol–water partition coefficient (Wildman–Crippen LogP) is 2.99. The highest BCUT2D eigenvalue weighted by Crippen LogP contribution is 2.42. The van der Waals surface area contributed by atoms with Gasteiger partial charge in [0.25, 0.3) is 0 Å². The number of rotatable bonds is 10. The molecule has 1 aliphatic rings. The molecular weight excluding hydrogens is 380 g/mol. The molecule has 0 bridgehead atoms. The van der Waals surface area contributed by atoms with Gasteiger partial charge in [0.05, 0.1) is 14.2 Å². The standard InChI is InChI=1S/C23H38N4O3/c1-5-14-25-21(28)11-15-26-22(24-2)27-17-23(12-7-6-8-13-23)18-9-10-19(29-3)20(16-18)30-4/h9-10,16H,5-8,11-15,17H2,1-4H3,(H,25,28)(H2,24,26,27). The summed E-state index contributed by atoms with van der Waals surface area (Å²) in [6.07, 6.45) is 7.30. The smallest absolute Gasteiger partial charge is 0.221 e. The van der Waals surface area contributed by atoms with Crippen LogP contribution in [0.5, 0.6) is 11.5 Å². The van der Waals surface area contributed by atoms with Gasteiger partial charge in [-0.25, -0.2) is 0 Å². The van der Waals surface area contributed by atoms with E-state index in [1.165, 1.54) is 24.8 Å². The first kappa shape index (κ1) is 23.8. The monoisotopic (exact) mass is 418 g/mol. The number of benzene rings is 1. The van der Waals surface area contributed by atoms with Crippen LogP contribution in [0.1, 0.15) is 57.4 Å². The van der Waals surface area contributed by atoms with Crippen LogP contribution in [-0.4, -0.2) is 52.8 Å². The zero-order valence-corrected chi connectivity index (χ0v) is 19.0. The van der Waals surface area contributed by atoms with Crippen LogP contribution in [0, 0.1) is 0 Å². The first-order valence-corrected chi connectivity index (χ1v) is 11.0. The van der Waals surface area contributed by atoms with Gasteiger partial charge in [-0.05, 0) is 37.0 Å². The fourth-order valence-electron chi connectivity index (χ4n) is 4.08. The normalized spacial score (nSPS) is 15.9. The van der Waals surface area contributed by atoms with Gasteiger partial charge in [-0.15, -0.1) is 0 Å². The van der Waals surface area contributed by atoms with Crippen molar-refractivity contribution in [3.8, 4) is 11.5 Å². The average molecular weight is 419 g/mol. The molecule has 7 heteroatoms. The number of guanidine groups is 1. The molecule has 168 valence electrons. The second kappa shape index (κ2) is 12.3. The number of carbonyl (C=O) groups is 1. The van der Waals surface area contributed by atoms with Crippen molar-refractivity contribution in [2.45, 2.75) is 57.3 Å². The van der Waals surface area contributed by atoms with Crippen LogP contribution in [-0.2, 0) is 10.2 Å². The van der Waals surface area contributed by atoms with E-state index in [1.807, 2.05) is 13.0 Å². The van der Waals surface area contributed by atoms with Gasteiger partial charge in [-0.3, -0.25) is 9.79 Å². The van der Waals surface area contributed by atoms with Gasteiger partial charge in [0, 0.05) is 38.5 Å². The molecule has 1 amide bonds. The maximum atomic E-state index is 11.8. The molecule has 1 aromatic carbocycles. The lowest BCUT2D eigenvalue weighted by atomic mass is 9.69. The van der Waals surface area contributed by atoms with Crippen molar-refractivity contribution >= 4 is 11.9 Å². The zero-order valence-electron chi connectivity index (χ0n) is 19.0. The number of methoxy groups -OCH3 is 2. The molecule has 1 aliphatic carbocycles. The second-order valence-electron chi connectivity index (χ2n) is 7.86. The van der Waals surface area contributed by atoms with Gasteiger partial charge in [-0.1, -0.05) is 32.3 Å². The van der Waals surface area contributed by atoms with Crippen molar-refractivity contribution in [3.05, 3.63) is 23.8 Å². The molecule has 0 aliphatic heterocycles. The Morgan fingerprint density at radius 1 is 1.03 bits per heavy atom. The Kier molecular flexibility index (Phi) is 9.77. The first-order chi connectivity index (χ1) is 14.6. The number of hydrogen-bond acceptors (Lipinski definition) is 4. The molecule has 30 heavy (non-hydrogen) atoms. The van der Waals surface area contributed by atoms with Gasteiger partial charge in [0.2, 0.25) is 5.91 Å². The lowest BCUT2D eigenvalue weighted by Gasteiger charge is -2.38. The molecule has 1 aromatic rings. The molecule has 3 N–H and O–H groups in total. The highest BCUT2D eigenvalue weighted by molar-refractivity contribution is 5.81. The molecule has 2 rings (SSSR count). The lowest BCUT2D eigenvalue weighted by molar-refractivity contribution is -0.120. The zero-order chi connectivity index (χ0) is 21.8. The van der Waals surface area contributed by atoms with Crippen LogP contribution in [0.15, 0.2) is 23.2 Å². The summed E-state index contributed by atoms with van der Waals surface area (Å²) in [4.78, 5) is 16.1. The van der Waals surface area contributed by atoms with Gasteiger partial charge in [0.1, 0.15) is 0 Å². The number of ether oxygens (including phenoxy) is 2. The SMILES string of the molecule is CCCNC(=O)CCNC(=NC)NCC1(c2ccc(OC)c(OC)c2)CCCCC1. The third kappa shape index (κ3) is 6.54. The van der Waals surface area contributed by atoms with Gasteiger partial charge in [-0.2, -0.15) is 0 Å². The maximum absolute atomic E-state index is 11.8. The summed E-state index contributed by atoms with van der Waals surface area (Å²) in [6.45, 7) is 4.10. The Morgan fingerprint density at radius 3 is 2.40 bits per heavy atom. The molecule has 0 heterocycles. The Labute approximate surface area is 181 Å². The van der Waals surface area contributed by atoms with E-state index < -0.39 is 0 Å². The molecule has 0 spiro atoms. The summed E-state index contributed by atoms with van der Waals surface area (Å²) < 4.78 is 11.0. The van der Waals surface area contributed by atoms with Crippen LogP contribution < -0.4 is 25.4 Å². The molecule has 0 saturated heterocycles. The summed E-state index contributed by atoms with van der Waals surface area (Å²) in [7, 11) is 5.10. The second-order valence-corrected chi connectivity index (χ2v) is 7.86. The number of amides is 1. The van der Waals surface area contributed by atoms with Crippen LogP contribution in [0.25, 0.3) is 0 Å². The van der Waals surface area contributed by atoms with E-state index in [9.17, 15) is 4.79 Å². The maximum Gasteiger partial charge on any atom is 0.221 e. The lowest BCUT2D eigenvalue weighted by Crippen LogP contribution is -2.47. The highest BCUT2D eigenvalue weighted by Gasteiger charge is 2.34. The topological polar surface area (TPSA) is 84.0 Å². The molecule has 1 saturated carbocycles. The molecule has 0 atom stereocenters. The Hall–Kier alpha value is -2.44. The van der Waals surface area contributed by atoms with Gasteiger partial charge in [0.15, 0.2) is 17.5 Å². The largest absolute Gasteiger partial charge is 0.493 e. The van der Waals surface area contributed by atoms with E-state index >= 15 is 0 Å². The molecule has 1 fully saturated rings. The summed E-state index contributed by atoms with van der Waals surface area (Å²) >= 11 is 0. The van der Waals surface area contributed by atoms with Crippen LogP contribution >= 0.6 is 0 Å². The van der Waals surface area contributed by atoms with Crippen molar-refractivity contribution < 1.29 is 14.3 Å². The fourth-order valence-corrected chi connectivity index (χ4v) is 4.08. The predicted molar refractivity (Wildman–Crippen MR) is 122 cm³/mol. The third-order valence-corrected chi connectivity index (χ3v) is 5.84. The van der Waals surface area contributed by atoms with Crippen molar-refractivity contribution in [2.75, 3.05) is 40.9 Å². The minimum absolute atomic E-state index is 0.0217. The molecule has 0 unspecified atom stereocenters. The van der Waals surface area contributed by atoms with Crippen LogP contribution in [0.2, 0.25) is 0 Å². The van der Waals surface area contributed by atoms with E-state index in [1.54, 1.807) is 21.3 Å². The minimum atomic E-state index is 0.0217. The van der Waals surface area contributed by atoms with Crippen molar-refractivity contribution in [1.82, 2.24) is 16.0 Å². The number of nitrogens with one attached hydrogen (secondary N) is 3. The number of carbonyl (C=O) groups excluding carboxylic acids is 1. The first-order valence-electron chi connectivity index (χ1n) is 11.0. The average Bonchev–Trinajstić information content (AvgIpc) is 2.79.